The van der Waals surface area contributed by atoms with E-state index in [0.717, 1.165) is 19.4 Å². The van der Waals surface area contributed by atoms with Gasteiger partial charge in [0.05, 0.1) is 6.54 Å². The van der Waals surface area contributed by atoms with Gasteiger partial charge in [0, 0.05) is 6.54 Å². The van der Waals surface area contributed by atoms with Gasteiger partial charge < -0.3 is 5.11 Å². The standard InChI is InChI=1S/C7H13NO2/c1-6(9)5-8-4-2-3-7(8)10/h7,10H,2-5H2,1H3/t7-/m0/s1. The van der Waals surface area contributed by atoms with E-state index < -0.39 is 0 Å². The molecule has 1 N–H and O–H groups in total. The van der Waals surface area contributed by atoms with Crippen molar-refractivity contribution >= 4 is 5.78 Å². The van der Waals surface area contributed by atoms with Gasteiger partial charge in [0.25, 0.3) is 0 Å². The van der Waals surface area contributed by atoms with Gasteiger partial charge in [-0.15, -0.1) is 0 Å². The predicted octanol–water partition coefficient (Wildman–Crippen LogP) is -0.0104. The highest BCUT2D eigenvalue weighted by Gasteiger charge is 2.22. The lowest BCUT2D eigenvalue weighted by Gasteiger charge is -2.17. The van der Waals surface area contributed by atoms with Crippen LogP contribution in [-0.4, -0.2) is 35.1 Å². The van der Waals surface area contributed by atoms with Gasteiger partial charge in [0.1, 0.15) is 12.0 Å². The molecule has 0 unspecified atom stereocenters. The van der Waals surface area contributed by atoms with Crippen LogP contribution in [0, 0.1) is 0 Å². The van der Waals surface area contributed by atoms with Crippen LogP contribution in [0.15, 0.2) is 0 Å². The number of likely N-dealkylation sites (tertiary alicyclic amines) is 1. The molecule has 1 aliphatic heterocycles. The molecule has 1 fully saturated rings. The summed E-state index contributed by atoms with van der Waals surface area (Å²) in [5.74, 6) is 0.126. The van der Waals surface area contributed by atoms with Crippen LogP contribution in [0.2, 0.25) is 0 Å². The van der Waals surface area contributed by atoms with Crippen LogP contribution in [-0.2, 0) is 4.79 Å². The molecule has 1 saturated heterocycles. The van der Waals surface area contributed by atoms with Crippen LogP contribution in [0.5, 0.6) is 0 Å². The second-order valence-electron chi connectivity index (χ2n) is 2.80. The molecule has 0 bridgehead atoms. The lowest BCUT2D eigenvalue weighted by atomic mass is 10.4. The first-order chi connectivity index (χ1) is 4.70. The maximum Gasteiger partial charge on any atom is 0.143 e. The SMILES string of the molecule is CC(=O)CN1CCC[C@@H]1O. The molecule has 0 aromatic rings. The molecule has 1 aliphatic rings. The summed E-state index contributed by atoms with van der Waals surface area (Å²) in [5.41, 5.74) is 0. The number of hydrogen-bond acceptors (Lipinski definition) is 3. The van der Waals surface area contributed by atoms with Crippen molar-refractivity contribution in [3.8, 4) is 0 Å². The number of Topliss-reactive ketones (excluding diaryl/α,β-unsaturated/α-hetero) is 1. The van der Waals surface area contributed by atoms with E-state index in [-0.39, 0.29) is 12.0 Å². The largest absolute Gasteiger partial charge is 0.378 e. The van der Waals surface area contributed by atoms with Crippen LogP contribution in [0.25, 0.3) is 0 Å². The van der Waals surface area contributed by atoms with Crippen molar-refractivity contribution in [3.63, 3.8) is 0 Å². The van der Waals surface area contributed by atoms with Crippen molar-refractivity contribution in [1.82, 2.24) is 4.90 Å². The average Bonchev–Trinajstić information content (AvgIpc) is 2.15. The smallest absolute Gasteiger partial charge is 0.143 e. The fourth-order valence-corrected chi connectivity index (χ4v) is 1.28. The highest BCUT2D eigenvalue weighted by Crippen LogP contribution is 2.13. The van der Waals surface area contributed by atoms with E-state index in [1.807, 2.05) is 4.90 Å². The van der Waals surface area contributed by atoms with Gasteiger partial charge in [-0.25, -0.2) is 0 Å². The number of aliphatic hydroxyl groups is 1. The normalized spacial score (nSPS) is 27.2. The first kappa shape index (κ1) is 7.69. The van der Waals surface area contributed by atoms with Crippen molar-refractivity contribution in [1.29, 1.82) is 0 Å². The van der Waals surface area contributed by atoms with Gasteiger partial charge in [0.2, 0.25) is 0 Å². The molecule has 3 nitrogen and oxygen atoms in total. The number of aliphatic hydroxyl groups excluding tert-OH is 1. The monoisotopic (exact) mass is 143 g/mol. The summed E-state index contributed by atoms with van der Waals surface area (Å²) in [4.78, 5) is 12.4. The molecule has 0 amide bonds. The quantitative estimate of drug-likeness (QED) is 0.591. The Bertz CT molecular complexity index is 136. The molecule has 0 saturated carbocycles. The molecule has 1 heterocycles. The molecule has 0 aliphatic carbocycles. The number of ketones is 1. The Morgan fingerprint density at radius 2 is 2.50 bits per heavy atom. The zero-order valence-electron chi connectivity index (χ0n) is 6.21. The Labute approximate surface area is 60.6 Å². The lowest BCUT2D eigenvalue weighted by Crippen LogP contribution is -2.33. The minimum absolute atomic E-state index is 0.126. The fraction of sp³-hybridized carbons (Fsp3) is 0.857. The Balaban J connectivity index is 2.33. The average molecular weight is 143 g/mol. The first-order valence-electron chi connectivity index (χ1n) is 3.61. The fourth-order valence-electron chi connectivity index (χ4n) is 1.28. The molecule has 58 valence electrons. The maximum absolute atomic E-state index is 10.6. The van der Waals surface area contributed by atoms with Gasteiger partial charge in [-0.3, -0.25) is 9.69 Å². The van der Waals surface area contributed by atoms with Gasteiger partial charge >= 0.3 is 0 Å². The summed E-state index contributed by atoms with van der Waals surface area (Å²) >= 11 is 0. The predicted molar refractivity (Wildman–Crippen MR) is 37.5 cm³/mol. The zero-order chi connectivity index (χ0) is 7.56. The van der Waals surface area contributed by atoms with Crippen molar-refractivity contribution in [2.75, 3.05) is 13.1 Å². The van der Waals surface area contributed by atoms with Crippen LogP contribution in [0.4, 0.5) is 0 Å². The summed E-state index contributed by atoms with van der Waals surface area (Å²) in [6.45, 7) is 2.81. The molecule has 10 heavy (non-hydrogen) atoms. The lowest BCUT2D eigenvalue weighted by molar-refractivity contribution is -0.120. The van der Waals surface area contributed by atoms with E-state index in [2.05, 4.69) is 0 Å². The summed E-state index contributed by atoms with van der Waals surface area (Å²) in [5, 5.41) is 9.21. The minimum atomic E-state index is -0.371. The van der Waals surface area contributed by atoms with Gasteiger partial charge in [-0.2, -0.15) is 0 Å². The van der Waals surface area contributed by atoms with Crippen molar-refractivity contribution < 1.29 is 9.90 Å². The third-order valence-electron chi connectivity index (χ3n) is 1.75. The molecule has 3 heteroatoms. The Kier molecular flexibility index (Phi) is 2.40. The first-order valence-corrected chi connectivity index (χ1v) is 3.61. The van der Waals surface area contributed by atoms with E-state index in [1.54, 1.807) is 6.92 Å². The second kappa shape index (κ2) is 3.12. The second-order valence-corrected chi connectivity index (χ2v) is 2.80. The van der Waals surface area contributed by atoms with Crippen LogP contribution in [0.3, 0.4) is 0 Å². The van der Waals surface area contributed by atoms with E-state index in [9.17, 15) is 9.90 Å². The molecule has 0 aromatic heterocycles. The number of carbonyl (C=O) groups excluding carboxylic acids is 1. The third kappa shape index (κ3) is 1.78. The van der Waals surface area contributed by atoms with Gasteiger partial charge in [0.15, 0.2) is 0 Å². The molecule has 0 aromatic carbocycles. The molecule has 1 rings (SSSR count). The Morgan fingerprint density at radius 3 is 2.90 bits per heavy atom. The zero-order valence-corrected chi connectivity index (χ0v) is 6.21. The van der Waals surface area contributed by atoms with E-state index in [1.165, 1.54) is 0 Å². The number of hydrogen-bond donors (Lipinski definition) is 1. The van der Waals surface area contributed by atoms with Gasteiger partial charge in [-0.05, 0) is 19.8 Å². The number of carbonyl (C=O) groups is 1. The highest BCUT2D eigenvalue weighted by molar-refractivity contribution is 5.77. The third-order valence-corrected chi connectivity index (χ3v) is 1.75. The van der Waals surface area contributed by atoms with Crippen molar-refractivity contribution in [2.45, 2.75) is 26.0 Å². The minimum Gasteiger partial charge on any atom is -0.378 e. The maximum atomic E-state index is 10.6. The summed E-state index contributed by atoms with van der Waals surface area (Å²) < 4.78 is 0. The summed E-state index contributed by atoms with van der Waals surface area (Å²) in [6.07, 6.45) is 1.45. The summed E-state index contributed by atoms with van der Waals surface area (Å²) in [6, 6.07) is 0. The number of rotatable bonds is 2. The number of nitrogens with zero attached hydrogens (tertiary/aromatic N) is 1. The molecular formula is C7H13NO2. The summed E-state index contributed by atoms with van der Waals surface area (Å²) in [7, 11) is 0. The van der Waals surface area contributed by atoms with Crippen molar-refractivity contribution in [2.24, 2.45) is 0 Å². The Morgan fingerprint density at radius 1 is 1.80 bits per heavy atom. The van der Waals surface area contributed by atoms with Crippen LogP contribution >= 0.6 is 0 Å². The van der Waals surface area contributed by atoms with Crippen LogP contribution < -0.4 is 0 Å². The van der Waals surface area contributed by atoms with E-state index in [0.29, 0.717) is 6.54 Å². The van der Waals surface area contributed by atoms with Gasteiger partial charge in [-0.1, -0.05) is 0 Å². The molecule has 1 atom stereocenters. The van der Waals surface area contributed by atoms with E-state index in [4.69, 9.17) is 0 Å². The van der Waals surface area contributed by atoms with Crippen LogP contribution in [0.1, 0.15) is 19.8 Å². The van der Waals surface area contributed by atoms with E-state index >= 15 is 0 Å². The molecular weight excluding hydrogens is 130 g/mol. The highest BCUT2D eigenvalue weighted by atomic mass is 16.3. The molecule has 0 spiro atoms. The van der Waals surface area contributed by atoms with Crippen molar-refractivity contribution in [3.05, 3.63) is 0 Å². The molecule has 0 radical (unpaired) electrons. The topological polar surface area (TPSA) is 40.5 Å². The Hall–Kier alpha value is -0.410.